The topological polar surface area (TPSA) is 111 Å². The predicted octanol–water partition coefficient (Wildman–Crippen LogP) is 5.87. The summed E-state index contributed by atoms with van der Waals surface area (Å²) in [6, 6.07) is 3.86. The van der Waals surface area contributed by atoms with Crippen LogP contribution in [-0.4, -0.2) is 136 Å². The molecule has 0 fully saturated rings. The molecule has 0 aliphatic heterocycles. The van der Waals surface area contributed by atoms with Crippen LogP contribution in [-0.2, 0) is 48.0 Å². The van der Waals surface area contributed by atoms with E-state index in [9.17, 15) is 0 Å². The fourth-order valence-corrected chi connectivity index (χ4v) is 4.13. The van der Waals surface area contributed by atoms with Gasteiger partial charge in [0.2, 0.25) is 5.75 Å². The molecule has 0 heterocycles. The molecule has 0 aliphatic rings. The highest BCUT2D eigenvalue weighted by atomic mass is 79.9. The summed E-state index contributed by atoms with van der Waals surface area (Å²) in [5.41, 5.74) is 0.630. The highest BCUT2D eigenvalue weighted by Crippen LogP contribution is 2.39. The number of hydrogen-bond donors (Lipinski definition) is 0. The fraction of sp³-hybridized carbons (Fsp3) is 0.833. The summed E-state index contributed by atoms with van der Waals surface area (Å²) < 4.78 is 69.0. The maximum Gasteiger partial charge on any atom is 0.203 e. The third-order valence-electron chi connectivity index (χ3n) is 6.00. The van der Waals surface area contributed by atoms with Gasteiger partial charge in [-0.05, 0) is 73.1 Å². The van der Waals surface area contributed by atoms with E-state index in [0.717, 1.165) is 5.56 Å². The quantitative estimate of drug-likeness (QED) is 0.0646. The van der Waals surface area contributed by atoms with Gasteiger partial charge in [0, 0.05) is 5.33 Å². The standard InChI is InChI=1S/C36H65BrO12/c1-30(2)44-21-15-38-9-10-41-18-24-47-34-32(45-22-16-39-11-13-42-19-25-48-35(3,4)5)27-31(29-37)28-33(34)46-23-17-40-12-14-43-20-26-49-36(6,7)8/h27-28,30H,9-26,29H2,1-8H3. The van der Waals surface area contributed by atoms with E-state index in [1.54, 1.807) is 0 Å². The molecule has 0 amide bonds. The van der Waals surface area contributed by atoms with Crippen LogP contribution >= 0.6 is 15.9 Å². The van der Waals surface area contributed by atoms with Gasteiger partial charge in [-0.25, -0.2) is 0 Å². The number of alkyl halides is 1. The first-order chi connectivity index (χ1) is 23.4. The SMILES string of the molecule is CC(C)OCCOCCOCCOc1c(OCCOCCOCCOC(C)(C)C)cc(CBr)cc1OCCOCCOCCOC(C)(C)C. The van der Waals surface area contributed by atoms with Crippen molar-refractivity contribution in [3.63, 3.8) is 0 Å². The van der Waals surface area contributed by atoms with Gasteiger partial charge in [-0.2, -0.15) is 0 Å². The first kappa shape index (κ1) is 45.8. The second-order valence-electron chi connectivity index (χ2n) is 13.1. The van der Waals surface area contributed by atoms with E-state index in [0.29, 0.717) is 142 Å². The van der Waals surface area contributed by atoms with Crippen molar-refractivity contribution < 1.29 is 56.8 Å². The predicted molar refractivity (Wildman–Crippen MR) is 193 cm³/mol. The van der Waals surface area contributed by atoms with Crippen molar-refractivity contribution >= 4 is 15.9 Å². The molecule has 1 aromatic rings. The zero-order valence-electron chi connectivity index (χ0n) is 31.4. The molecular weight excluding hydrogens is 704 g/mol. The van der Waals surface area contributed by atoms with Gasteiger partial charge in [-0.3, -0.25) is 0 Å². The van der Waals surface area contributed by atoms with Crippen molar-refractivity contribution in [1.29, 1.82) is 0 Å². The van der Waals surface area contributed by atoms with Crippen LogP contribution in [0.5, 0.6) is 17.2 Å². The summed E-state index contributed by atoms with van der Waals surface area (Å²) in [5.74, 6) is 1.62. The Labute approximate surface area is 304 Å². The van der Waals surface area contributed by atoms with Gasteiger partial charge < -0.3 is 56.8 Å². The summed E-state index contributed by atoms with van der Waals surface area (Å²) in [4.78, 5) is 0. The molecule has 0 bridgehead atoms. The number of hydrogen-bond acceptors (Lipinski definition) is 12. The number of ether oxygens (including phenoxy) is 12. The van der Waals surface area contributed by atoms with Gasteiger partial charge in [0.15, 0.2) is 11.5 Å². The molecule has 1 rings (SSSR count). The van der Waals surface area contributed by atoms with E-state index in [-0.39, 0.29) is 17.3 Å². The van der Waals surface area contributed by atoms with Crippen LogP contribution in [0.1, 0.15) is 61.0 Å². The first-order valence-corrected chi connectivity index (χ1v) is 18.5. The zero-order valence-corrected chi connectivity index (χ0v) is 33.0. The molecule has 0 aromatic heterocycles. The Kier molecular flexibility index (Phi) is 26.5. The van der Waals surface area contributed by atoms with Gasteiger partial charge in [-0.1, -0.05) is 15.9 Å². The van der Waals surface area contributed by atoms with Crippen LogP contribution in [0, 0.1) is 0 Å². The Balaban J connectivity index is 2.57. The molecule has 0 unspecified atom stereocenters. The van der Waals surface area contributed by atoms with Crippen LogP contribution in [0.15, 0.2) is 12.1 Å². The normalized spacial score (nSPS) is 12.2. The lowest BCUT2D eigenvalue weighted by Gasteiger charge is -2.19. The minimum absolute atomic E-state index is 0.174. The van der Waals surface area contributed by atoms with Crippen molar-refractivity contribution in [3.8, 4) is 17.2 Å². The third kappa shape index (κ3) is 28.1. The van der Waals surface area contributed by atoms with Crippen LogP contribution in [0.25, 0.3) is 0 Å². The van der Waals surface area contributed by atoms with Gasteiger partial charge in [-0.15, -0.1) is 0 Å². The van der Waals surface area contributed by atoms with E-state index < -0.39 is 0 Å². The molecule has 0 aliphatic carbocycles. The minimum Gasteiger partial charge on any atom is -0.487 e. The molecule has 1 aromatic carbocycles. The molecular formula is C36H65BrO12. The number of rotatable bonds is 32. The average Bonchev–Trinajstić information content (AvgIpc) is 3.03. The van der Waals surface area contributed by atoms with Gasteiger partial charge in [0.1, 0.15) is 19.8 Å². The molecule has 0 N–H and O–H groups in total. The lowest BCUT2D eigenvalue weighted by atomic mass is 10.2. The van der Waals surface area contributed by atoms with Gasteiger partial charge in [0.05, 0.1) is 116 Å². The van der Waals surface area contributed by atoms with E-state index in [1.807, 2.05) is 67.5 Å². The molecule has 0 radical (unpaired) electrons. The lowest BCUT2D eigenvalue weighted by Crippen LogP contribution is -2.22. The maximum absolute atomic E-state index is 6.16. The summed E-state index contributed by atoms with van der Waals surface area (Å²) in [6.07, 6.45) is 0.191. The first-order valence-electron chi connectivity index (χ1n) is 17.4. The molecule has 12 nitrogen and oxygen atoms in total. The molecule has 288 valence electrons. The number of benzene rings is 1. The molecule has 49 heavy (non-hydrogen) atoms. The van der Waals surface area contributed by atoms with Crippen LogP contribution in [0.4, 0.5) is 0 Å². The smallest absolute Gasteiger partial charge is 0.203 e. The summed E-state index contributed by atoms with van der Waals surface area (Å²) in [6.45, 7) is 24.3. The van der Waals surface area contributed by atoms with Gasteiger partial charge in [0.25, 0.3) is 0 Å². The molecule has 0 atom stereocenters. The van der Waals surface area contributed by atoms with E-state index >= 15 is 0 Å². The van der Waals surface area contributed by atoms with E-state index in [2.05, 4.69) is 15.9 Å². The molecule has 0 saturated carbocycles. The molecule has 0 spiro atoms. The van der Waals surface area contributed by atoms with E-state index in [4.69, 9.17) is 56.8 Å². The maximum atomic E-state index is 6.16. The van der Waals surface area contributed by atoms with Crippen molar-refractivity contribution in [2.24, 2.45) is 0 Å². The van der Waals surface area contributed by atoms with Crippen LogP contribution in [0.2, 0.25) is 0 Å². The van der Waals surface area contributed by atoms with Crippen molar-refractivity contribution in [2.45, 2.75) is 78.0 Å². The Morgan fingerprint density at radius 2 is 0.796 bits per heavy atom. The largest absolute Gasteiger partial charge is 0.487 e. The zero-order chi connectivity index (χ0) is 36.2. The van der Waals surface area contributed by atoms with E-state index in [1.165, 1.54) is 0 Å². The molecule has 0 saturated heterocycles. The summed E-state index contributed by atoms with van der Waals surface area (Å²) in [5, 5.41) is 0.616. The Hall–Kier alpha value is -1.26. The summed E-state index contributed by atoms with van der Waals surface area (Å²) >= 11 is 3.55. The Morgan fingerprint density at radius 1 is 0.469 bits per heavy atom. The van der Waals surface area contributed by atoms with Gasteiger partial charge >= 0.3 is 0 Å². The fourth-order valence-electron chi connectivity index (χ4n) is 3.81. The lowest BCUT2D eigenvalue weighted by molar-refractivity contribution is -0.0434. The second kappa shape index (κ2) is 28.3. The van der Waals surface area contributed by atoms with Crippen molar-refractivity contribution in [3.05, 3.63) is 17.7 Å². The van der Waals surface area contributed by atoms with Crippen molar-refractivity contribution in [1.82, 2.24) is 0 Å². The Bertz CT molecular complexity index is 865. The van der Waals surface area contributed by atoms with Crippen LogP contribution in [0.3, 0.4) is 0 Å². The Morgan fingerprint density at radius 3 is 1.14 bits per heavy atom. The third-order valence-corrected chi connectivity index (χ3v) is 6.65. The highest BCUT2D eigenvalue weighted by molar-refractivity contribution is 9.08. The monoisotopic (exact) mass is 768 g/mol. The van der Waals surface area contributed by atoms with Crippen molar-refractivity contribution in [2.75, 3.05) is 119 Å². The average molecular weight is 770 g/mol. The summed E-state index contributed by atoms with van der Waals surface area (Å²) in [7, 11) is 0. The van der Waals surface area contributed by atoms with Crippen LogP contribution < -0.4 is 14.2 Å². The molecule has 13 heteroatoms. The second-order valence-corrected chi connectivity index (χ2v) is 13.7. The minimum atomic E-state index is -0.174. The highest BCUT2D eigenvalue weighted by Gasteiger charge is 2.16. The number of halogens is 1.